The lowest BCUT2D eigenvalue weighted by Crippen LogP contribution is -2.11. The lowest BCUT2D eigenvalue weighted by atomic mass is 10.1. The van der Waals surface area contributed by atoms with Gasteiger partial charge in [0.05, 0.1) is 6.10 Å². The van der Waals surface area contributed by atoms with E-state index in [2.05, 4.69) is 28.3 Å². The Balaban J connectivity index is 2.29. The number of benzene rings is 1. The Hall–Kier alpha value is -2.30. The Kier molecular flexibility index (Phi) is 4.40. The largest absolute Gasteiger partial charge is 0.473 e. The van der Waals surface area contributed by atoms with Gasteiger partial charge in [0.2, 0.25) is 5.88 Å². The number of hydrogen-bond donors (Lipinski definition) is 2. The number of nitrogens with one attached hydrogen (secondary N) is 1. The zero-order valence-corrected chi connectivity index (χ0v) is 12.1. The van der Waals surface area contributed by atoms with Crippen molar-refractivity contribution in [3.8, 4) is 5.88 Å². The number of aromatic nitrogens is 2. The van der Waals surface area contributed by atoms with Crippen molar-refractivity contribution in [3.63, 3.8) is 0 Å². The van der Waals surface area contributed by atoms with Crippen LogP contribution >= 0.6 is 0 Å². The van der Waals surface area contributed by atoms with E-state index in [0.29, 0.717) is 17.4 Å². The first-order valence-corrected chi connectivity index (χ1v) is 6.73. The number of nitrogens with zero attached hydrogens (tertiary/aromatic N) is 2. The van der Waals surface area contributed by atoms with Crippen LogP contribution in [0.2, 0.25) is 0 Å². The summed E-state index contributed by atoms with van der Waals surface area (Å²) in [5, 5.41) is 3.25. The van der Waals surface area contributed by atoms with E-state index in [0.717, 1.165) is 12.1 Å². The molecular formula is C15H20N4O. The molecular weight excluding hydrogens is 252 g/mol. The molecule has 1 aromatic carbocycles. The van der Waals surface area contributed by atoms with Gasteiger partial charge in [-0.3, -0.25) is 0 Å². The highest BCUT2D eigenvalue weighted by molar-refractivity contribution is 5.73. The van der Waals surface area contributed by atoms with E-state index in [4.69, 9.17) is 10.5 Å². The van der Waals surface area contributed by atoms with E-state index in [9.17, 15) is 0 Å². The van der Waals surface area contributed by atoms with E-state index in [1.807, 2.05) is 32.0 Å². The molecule has 5 nitrogen and oxygen atoms in total. The molecule has 1 heterocycles. The minimum atomic E-state index is 0.0166. The van der Waals surface area contributed by atoms with Gasteiger partial charge in [-0.2, -0.15) is 4.98 Å². The summed E-state index contributed by atoms with van der Waals surface area (Å²) in [4.78, 5) is 8.25. The van der Waals surface area contributed by atoms with Crippen LogP contribution in [0.3, 0.4) is 0 Å². The van der Waals surface area contributed by atoms with Gasteiger partial charge in [-0.05, 0) is 31.9 Å². The second kappa shape index (κ2) is 6.23. The molecule has 5 heteroatoms. The maximum atomic E-state index is 6.06. The number of aryl methyl sites for hydroxylation is 1. The van der Waals surface area contributed by atoms with Gasteiger partial charge in [0.15, 0.2) is 5.82 Å². The normalized spacial score (nSPS) is 10.6. The van der Waals surface area contributed by atoms with Crippen LogP contribution in [-0.4, -0.2) is 16.1 Å². The summed E-state index contributed by atoms with van der Waals surface area (Å²) in [5.74, 6) is 0.975. The number of anilines is 3. The van der Waals surface area contributed by atoms with Gasteiger partial charge in [0.1, 0.15) is 12.0 Å². The zero-order chi connectivity index (χ0) is 14.5. The Bertz CT molecular complexity index is 584. The first kappa shape index (κ1) is 14.1. The maximum Gasteiger partial charge on any atom is 0.242 e. The Morgan fingerprint density at radius 2 is 2.00 bits per heavy atom. The molecule has 2 aromatic rings. The predicted molar refractivity (Wildman–Crippen MR) is 81.3 cm³/mol. The fraction of sp³-hybridized carbons (Fsp3) is 0.333. The number of nitrogen functional groups attached to an aromatic ring is 1. The highest BCUT2D eigenvalue weighted by Gasteiger charge is 2.11. The van der Waals surface area contributed by atoms with E-state index < -0.39 is 0 Å². The van der Waals surface area contributed by atoms with Crippen molar-refractivity contribution in [2.75, 3.05) is 11.1 Å². The molecule has 2 rings (SSSR count). The second-order valence-electron chi connectivity index (χ2n) is 4.74. The minimum Gasteiger partial charge on any atom is -0.473 e. The summed E-state index contributed by atoms with van der Waals surface area (Å²) in [6.07, 6.45) is 2.40. The van der Waals surface area contributed by atoms with E-state index in [-0.39, 0.29) is 6.10 Å². The molecule has 3 N–H and O–H groups in total. The molecule has 0 amide bonds. The minimum absolute atomic E-state index is 0.0166. The summed E-state index contributed by atoms with van der Waals surface area (Å²) >= 11 is 0. The summed E-state index contributed by atoms with van der Waals surface area (Å²) in [6, 6.07) is 8.07. The molecule has 0 bridgehead atoms. The van der Waals surface area contributed by atoms with Crippen molar-refractivity contribution >= 4 is 17.2 Å². The SMILES string of the molecule is CCc1ccccc1Nc1ncnc(OC(C)C)c1N. The first-order chi connectivity index (χ1) is 9.61. The lowest BCUT2D eigenvalue weighted by molar-refractivity contribution is 0.234. The van der Waals surface area contributed by atoms with Crippen LogP contribution in [0.4, 0.5) is 17.2 Å². The van der Waals surface area contributed by atoms with E-state index in [1.54, 1.807) is 0 Å². The van der Waals surface area contributed by atoms with E-state index >= 15 is 0 Å². The Morgan fingerprint density at radius 3 is 2.70 bits per heavy atom. The van der Waals surface area contributed by atoms with Crippen LogP contribution in [0.25, 0.3) is 0 Å². The lowest BCUT2D eigenvalue weighted by Gasteiger charge is -2.15. The smallest absolute Gasteiger partial charge is 0.242 e. The third kappa shape index (κ3) is 3.17. The van der Waals surface area contributed by atoms with Gasteiger partial charge in [0, 0.05) is 5.69 Å². The quantitative estimate of drug-likeness (QED) is 0.874. The van der Waals surface area contributed by atoms with Gasteiger partial charge in [0.25, 0.3) is 0 Å². The molecule has 0 spiro atoms. The number of nitrogens with two attached hydrogens (primary N) is 1. The third-order valence-electron chi connectivity index (χ3n) is 2.85. The van der Waals surface area contributed by atoms with Crippen LogP contribution in [-0.2, 0) is 6.42 Å². The fourth-order valence-electron chi connectivity index (χ4n) is 1.87. The average Bonchev–Trinajstić information content (AvgIpc) is 2.43. The molecule has 0 aliphatic carbocycles. The highest BCUT2D eigenvalue weighted by Crippen LogP contribution is 2.29. The number of para-hydroxylation sites is 1. The average molecular weight is 272 g/mol. The van der Waals surface area contributed by atoms with Crippen LogP contribution in [0.1, 0.15) is 26.3 Å². The van der Waals surface area contributed by atoms with Gasteiger partial charge < -0.3 is 15.8 Å². The molecule has 0 radical (unpaired) electrons. The van der Waals surface area contributed by atoms with Crippen molar-refractivity contribution in [1.29, 1.82) is 0 Å². The highest BCUT2D eigenvalue weighted by atomic mass is 16.5. The fourth-order valence-corrected chi connectivity index (χ4v) is 1.87. The number of ether oxygens (including phenoxy) is 1. The maximum absolute atomic E-state index is 6.06. The number of rotatable bonds is 5. The second-order valence-corrected chi connectivity index (χ2v) is 4.74. The van der Waals surface area contributed by atoms with Crippen LogP contribution < -0.4 is 15.8 Å². The van der Waals surface area contributed by atoms with Crippen molar-refractivity contribution in [2.24, 2.45) is 0 Å². The standard InChI is InChI=1S/C15H20N4O/c1-4-11-7-5-6-8-12(11)19-14-13(16)15(18-9-17-14)20-10(2)3/h5-10H,4,16H2,1-3H3,(H,17,18,19). The Morgan fingerprint density at radius 1 is 1.25 bits per heavy atom. The molecule has 0 saturated heterocycles. The van der Waals surface area contributed by atoms with Gasteiger partial charge in [-0.1, -0.05) is 25.1 Å². The van der Waals surface area contributed by atoms with Crippen molar-refractivity contribution < 1.29 is 4.74 Å². The van der Waals surface area contributed by atoms with Gasteiger partial charge >= 0.3 is 0 Å². The third-order valence-corrected chi connectivity index (χ3v) is 2.85. The van der Waals surface area contributed by atoms with Crippen molar-refractivity contribution in [2.45, 2.75) is 33.3 Å². The first-order valence-electron chi connectivity index (χ1n) is 6.73. The summed E-state index contributed by atoms with van der Waals surface area (Å²) in [7, 11) is 0. The summed E-state index contributed by atoms with van der Waals surface area (Å²) < 4.78 is 5.56. The predicted octanol–water partition coefficient (Wildman–Crippen LogP) is 3.15. The monoisotopic (exact) mass is 272 g/mol. The molecule has 106 valence electrons. The molecule has 0 unspecified atom stereocenters. The topological polar surface area (TPSA) is 73.1 Å². The summed E-state index contributed by atoms with van der Waals surface area (Å²) in [5.41, 5.74) is 8.68. The molecule has 0 aliphatic rings. The van der Waals surface area contributed by atoms with Gasteiger partial charge in [-0.15, -0.1) is 0 Å². The molecule has 0 atom stereocenters. The Labute approximate surface area is 119 Å². The van der Waals surface area contributed by atoms with Crippen LogP contribution in [0.15, 0.2) is 30.6 Å². The van der Waals surface area contributed by atoms with Crippen LogP contribution in [0.5, 0.6) is 5.88 Å². The van der Waals surface area contributed by atoms with E-state index in [1.165, 1.54) is 11.9 Å². The molecule has 20 heavy (non-hydrogen) atoms. The molecule has 1 aromatic heterocycles. The van der Waals surface area contributed by atoms with Gasteiger partial charge in [-0.25, -0.2) is 4.98 Å². The number of hydrogen-bond acceptors (Lipinski definition) is 5. The molecule has 0 saturated carbocycles. The molecule has 0 fully saturated rings. The summed E-state index contributed by atoms with van der Waals surface area (Å²) in [6.45, 7) is 5.97. The zero-order valence-electron chi connectivity index (χ0n) is 12.1. The van der Waals surface area contributed by atoms with Crippen molar-refractivity contribution in [3.05, 3.63) is 36.2 Å². The molecule has 0 aliphatic heterocycles. The van der Waals surface area contributed by atoms with Crippen LogP contribution in [0, 0.1) is 0 Å². The van der Waals surface area contributed by atoms with Crippen molar-refractivity contribution in [1.82, 2.24) is 9.97 Å².